The second kappa shape index (κ2) is 6.48. The van der Waals surface area contributed by atoms with E-state index in [4.69, 9.17) is 5.73 Å². The topological polar surface area (TPSA) is 49.6 Å². The molecular formula is C17H27N3O. The normalized spacial score (nSPS) is 24.0. The quantitative estimate of drug-likeness (QED) is 0.926. The summed E-state index contributed by atoms with van der Waals surface area (Å²) in [5.74, 6) is 0.229. The van der Waals surface area contributed by atoms with E-state index in [1.165, 1.54) is 0 Å². The van der Waals surface area contributed by atoms with Crippen molar-refractivity contribution < 1.29 is 4.79 Å². The number of nitrogens with zero attached hydrogens (tertiary/aromatic N) is 2. The first kappa shape index (κ1) is 15.8. The average Bonchev–Trinajstić information content (AvgIpc) is 2.48. The molecule has 1 fully saturated rings. The minimum atomic E-state index is -0.00240. The number of nitrogens with two attached hydrogens (primary N) is 1. The van der Waals surface area contributed by atoms with Gasteiger partial charge < -0.3 is 15.5 Å². The molecule has 2 rings (SSSR count). The standard InChI is InChI=1S/C17H27N3O/c1-5-12(2)20-16(21)11-10-15(18)17(20)13-6-8-14(9-7-13)19(3)4/h6-9,12,15,17H,5,10-11,18H2,1-4H3. The van der Waals surface area contributed by atoms with Crippen molar-refractivity contribution in [2.45, 2.75) is 51.2 Å². The number of amides is 1. The lowest BCUT2D eigenvalue weighted by molar-refractivity contribution is -0.140. The van der Waals surface area contributed by atoms with Gasteiger partial charge in [0.2, 0.25) is 5.91 Å². The van der Waals surface area contributed by atoms with Gasteiger partial charge in [-0.3, -0.25) is 4.79 Å². The van der Waals surface area contributed by atoms with Crippen LogP contribution in [0.3, 0.4) is 0 Å². The molecule has 3 atom stereocenters. The number of carbonyl (C=O) groups is 1. The first-order valence-corrected chi connectivity index (χ1v) is 7.79. The number of piperidine rings is 1. The zero-order chi connectivity index (χ0) is 15.6. The molecule has 21 heavy (non-hydrogen) atoms. The lowest BCUT2D eigenvalue weighted by Gasteiger charge is -2.43. The van der Waals surface area contributed by atoms with Gasteiger partial charge in [0.1, 0.15) is 0 Å². The van der Waals surface area contributed by atoms with Gasteiger partial charge in [-0.15, -0.1) is 0 Å². The summed E-state index contributed by atoms with van der Waals surface area (Å²) in [7, 11) is 4.05. The van der Waals surface area contributed by atoms with E-state index in [1.54, 1.807) is 0 Å². The summed E-state index contributed by atoms with van der Waals surface area (Å²) in [6, 6.07) is 8.63. The van der Waals surface area contributed by atoms with E-state index in [0.717, 1.165) is 24.1 Å². The van der Waals surface area contributed by atoms with E-state index in [2.05, 4.69) is 43.0 Å². The molecule has 3 unspecified atom stereocenters. The van der Waals surface area contributed by atoms with Crippen molar-refractivity contribution in [3.63, 3.8) is 0 Å². The Morgan fingerprint density at radius 1 is 1.33 bits per heavy atom. The molecule has 0 radical (unpaired) electrons. The van der Waals surface area contributed by atoms with Crippen molar-refractivity contribution in [1.82, 2.24) is 4.90 Å². The Kier molecular flexibility index (Phi) is 4.88. The van der Waals surface area contributed by atoms with Crippen molar-refractivity contribution in [1.29, 1.82) is 0 Å². The van der Waals surface area contributed by atoms with Crippen LogP contribution in [0.4, 0.5) is 5.69 Å². The lowest BCUT2D eigenvalue weighted by atomic mass is 9.89. The molecule has 4 heteroatoms. The molecule has 0 saturated carbocycles. The predicted octanol–water partition coefficient (Wildman–Crippen LogP) is 2.54. The largest absolute Gasteiger partial charge is 0.378 e. The summed E-state index contributed by atoms with van der Waals surface area (Å²) in [5, 5.41) is 0. The van der Waals surface area contributed by atoms with E-state index < -0.39 is 0 Å². The van der Waals surface area contributed by atoms with E-state index in [1.807, 2.05) is 19.0 Å². The summed E-state index contributed by atoms with van der Waals surface area (Å²) in [5.41, 5.74) is 8.65. The van der Waals surface area contributed by atoms with Crippen LogP contribution in [-0.2, 0) is 4.79 Å². The van der Waals surface area contributed by atoms with Crippen LogP contribution >= 0.6 is 0 Å². The number of benzene rings is 1. The molecule has 1 amide bonds. The monoisotopic (exact) mass is 289 g/mol. The van der Waals surface area contributed by atoms with Crippen LogP contribution in [0.2, 0.25) is 0 Å². The van der Waals surface area contributed by atoms with Gasteiger partial charge in [0.25, 0.3) is 0 Å². The highest BCUT2D eigenvalue weighted by Gasteiger charge is 2.36. The van der Waals surface area contributed by atoms with Gasteiger partial charge in [-0.05, 0) is 37.5 Å². The molecule has 0 aliphatic carbocycles. The van der Waals surface area contributed by atoms with Gasteiger partial charge in [0.05, 0.1) is 6.04 Å². The second-order valence-corrected chi connectivity index (χ2v) is 6.19. The van der Waals surface area contributed by atoms with Crippen LogP contribution in [-0.4, -0.2) is 37.0 Å². The van der Waals surface area contributed by atoms with Gasteiger partial charge in [-0.25, -0.2) is 0 Å². The molecule has 116 valence electrons. The minimum Gasteiger partial charge on any atom is -0.378 e. The minimum absolute atomic E-state index is 0.00240. The molecule has 2 N–H and O–H groups in total. The van der Waals surface area contributed by atoms with Gasteiger partial charge >= 0.3 is 0 Å². The first-order chi connectivity index (χ1) is 9.95. The number of hydrogen-bond donors (Lipinski definition) is 1. The molecule has 1 aromatic carbocycles. The number of hydrogen-bond acceptors (Lipinski definition) is 3. The predicted molar refractivity (Wildman–Crippen MR) is 87.3 cm³/mol. The average molecular weight is 289 g/mol. The zero-order valence-corrected chi connectivity index (χ0v) is 13.5. The molecule has 4 nitrogen and oxygen atoms in total. The highest BCUT2D eigenvalue weighted by Crippen LogP contribution is 2.34. The van der Waals surface area contributed by atoms with Crippen molar-refractivity contribution in [3.05, 3.63) is 29.8 Å². The maximum Gasteiger partial charge on any atom is 0.223 e. The van der Waals surface area contributed by atoms with Gasteiger partial charge in [-0.2, -0.15) is 0 Å². The van der Waals surface area contributed by atoms with E-state index >= 15 is 0 Å². The van der Waals surface area contributed by atoms with Crippen LogP contribution < -0.4 is 10.6 Å². The summed E-state index contributed by atoms with van der Waals surface area (Å²) in [4.78, 5) is 16.4. The Bertz CT molecular complexity index is 483. The number of rotatable bonds is 4. The Hall–Kier alpha value is -1.55. The number of likely N-dealkylation sites (tertiary alicyclic amines) is 1. The van der Waals surface area contributed by atoms with Gasteiger partial charge in [0, 0.05) is 38.3 Å². The fraction of sp³-hybridized carbons (Fsp3) is 0.588. The lowest BCUT2D eigenvalue weighted by Crippen LogP contribution is -2.52. The SMILES string of the molecule is CCC(C)N1C(=O)CCC(N)C1c1ccc(N(C)C)cc1. The highest BCUT2D eigenvalue weighted by atomic mass is 16.2. The van der Waals surface area contributed by atoms with Crippen LogP contribution in [0.25, 0.3) is 0 Å². The Balaban J connectivity index is 2.33. The molecule has 0 spiro atoms. The fourth-order valence-electron chi connectivity index (χ4n) is 3.03. The van der Waals surface area contributed by atoms with Crippen molar-refractivity contribution in [3.8, 4) is 0 Å². The molecule has 0 bridgehead atoms. The fourth-order valence-corrected chi connectivity index (χ4v) is 3.03. The second-order valence-electron chi connectivity index (χ2n) is 6.19. The third-order valence-electron chi connectivity index (χ3n) is 4.50. The molecule has 1 saturated heterocycles. The maximum atomic E-state index is 12.4. The number of carbonyl (C=O) groups excluding carboxylic acids is 1. The third kappa shape index (κ3) is 3.21. The van der Waals surface area contributed by atoms with Crippen LogP contribution in [0, 0.1) is 0 Å². The van der Waals surface area contributed by atoms with E-state index in [-0.39, 0.29) is 24.0 Å². The Morgan fingerprint density at radius 2 is 1.95 bits per heavy atom. The van der Waals surface area contributed by atoms with Gasteiger partial charge in [0.15, 0.2) is 0 Å². The summed E-state index contributed by atoms with van der Waals surface area (Å²) in [6.07, 6.45) is 2.29. The highest BCUT2D eigenvalue weighted by molar-refractivity contribution is 5.78. The van der Waals surface area contributed by atoms with Crippen LogP contribution in [0.1, 0.15) is 44.7 Å². The summed E-state index contributed by atoms with van der Waals surface area (Å²) in [6.45, 7) is 4.22. The van der Waals surface area contributed by atoms with Gasteiger partial charge in [-0.1, -0.05) is 19.1 Å². The van der Waals surface area contributed by atoms with Crippen LogP contribution in [0.5, 0.6) is 0 Å². The smallest absolute Gasteiger partial charge is 0.223 e. The van der Waals surface area contributed by atoms with Crippen molar-refractivity contribution >= 4 is 11.6 Å². The van der Waals surface area contributed by atoms with Crippen molar-refractivity contribution in [2.24, 2.45) is 5.73 Å². The molecule has 1 heterocycles. The first-order valence-electron chi connectivity index (χ1n) is 7.79. The maximum absolute atomic E-state index is 12.4. The molecule has 1 aromatic rings. The Labute approximate surface area is 127 Å². The molecule has 1 aliphatic heterocycles. The molecule has 1 aliphatic rings. The van der Waals surface area contributed by atoms with E-state index in [9.17, 15) is 4.79 Å². The van der Waals surface area contributed by atoms with E-state index in [0.29, 0.717) is 6.42 Å². The molecular weight excluding hydrogens is 262 g/mol. The summed E-state index contributed by atoms with van der Waals surface area (Å²) < 4.78 is 0. The summed E-state index contributed by atoms with van der Waals surface area (Å²) >= 11 is 0. The zero-order valence-electron chi connectivity index (χ0n) is 13.5. The Morgan fingerprint density at radius 3 is 2.48 bits per heavy atom. The van der Waals surface area contributed by atoms with Crippen molar-refractivity contribution in [2.75, 3.05) is 19.0 Å². The number of anilines is 1. The van der Waals surface area contributed by atoms with Crippen LogP contribution in [0.15, 0.2) is 24.3 Å². The molecule has 0 aromatic heterocycles. The third-order valence-corrected chi connectivity index (χ3v) is 4.50.